The summed E-state index contributed by atoms with van der Waals surface area (Å²) < 4.78 is 20.1. The van der Waals surface area contributed by atoms with Crippen molar-refractivity contribution in [1.82, 2.24) is 9.97 Å². The van der Waals surface area contributed by atoms with Crippen molar-refractivity contribution >= 4 is 26.8 Å². The Labute approximate surface area is 122 Å². The molecule has 0 atom stereocenters. The zero-order chi connectivity index (χ0) is 14.1. The van der Waals surface area contributed by atoms with Gasteiger partial charge in [-0.25, -0.2) is 9.37 Å². The molecule has 0 radical (unpaired) electrons. The van der Waals surface area contributed by atoms with Gasteiger partial charge in [-0.2, -0.15) is 5.26 Å². The van der Waals surface area contributed by atoms with Crippen molar-refractivity contribution < 1.29 is 9.13 Å². The van der Waals surface area contributed by atoms with Gasteiger partial charge in [-0.15, -0.1) is 0 Å². The van der Waals surface area contributed by atoms with E-state index in [4.69, 9.17) is 10.00 Å². The van der Waals surface area contributed by atoms with Crippen LogP contribution in [0.2, 0.25) is 0 Å². The number of nitrogens with one attached hydrogen (secondary N) is 1. The molecule has 0 unspecified atom stereocenters. The van der Waals surface area contributed by atoms with E-state index in [9.17, 15) is 4.39 Å². The lowest BCUT2D eigenvalue weighted by molar-refractivity contribution is 0.440. The predicted octanol–water partition coefficient (Wildman–Crippen LogP) is 4.13. The van der Waals surface area contributed by atoms with Crippen LogP contribution in [0.25, 0.3) is 10.9 Å². The first-order valence-electron chi connectivity index (χ1n) is 5.68. The number of fused-ring (bicyclic) bond motifs is 1. The van der Waals surface area contributed by atoms with Crippen molar-refractivity contribution in [3.05, 3.63) is 52.6 Å². The lowest BCUT2D eigenvalue weighted by Crippen LogP contribution is -1.92. The Morgan fingerprint density at radius 3 is 3.00 bits per heavy atom. The summed E-state index contributed by atoms with van der Waals surface area (Å²) in [4.78, 5) is 6.77. The quantitative estimate of drug-likeness (QED) is 0.768. The van der Waals surface area contributed by atoms with Crippen LogP contribution < -0.4 is 4.74 Å². The van der Waals surface area contributed by atoms with Crippen molar-refractivity contribution in [2.45, 2.75) is 0 Å². The van der Waals surface area contributed by atoms with E-state index in [0.717, 1.165) is 5.39 Å². The maximum atomic E-state index is 14.1. The number of rotatable bonds is 2. The molecule has 0 saturated carbocycles. The van der Waals surface area contributed by atoms with Crippen LogP contribution in [-0.4, -0.2) is 9.97 Å². The summed E-state index contributed by atoms with van der Waals surface area (Å²) in [5, 5.41) is 9.61. The minimum atomic E-state index is -0.498. The van der Waals surface area contributed by atoms with Crippen LogP contribution in [0, 0.1) is 17.1 Å². The first-order valence-corrected chi connectivity index (χ1v) is 6.47. The fraction of sp³-hybridized carbons (Fsp3) is 0. The number of pyridine rings is 1. The number of H-pyrrole nitrogens is 1. The van der Waals surface area contributed by atoms with Crippen LogP contribution in [0.1, 0.15) is 5.69 Å². The first kappa shape index (κ1) is 12.6. The van der Waals surface area contributed by atoms with Gasteiger partial charge in [0.05, 0.1) is 4.47 Å². The molecular weight excluding hydrogens is 325 g/mol. The molecule has 98 valence electrons. The molecule has 4 nitrogen and oxygen atoms in total. The van der Waals surface area contributed by atoms with Gasteiger partial charge in [-0.3, -0.25) is 0 Å². The average Bonchev–Trinajstić information content (AvgIpc) is 2.92. The van der Waals surface area contributed by atoms with Crippen molar-refractivity contribution in [3.8, 4) is 17.6 Å². The lowest BCUT2D eigenvalue weighted by atomic mass is 10.2. The van der Waals surface area contributed by atoms with Gasteiger partial charge in [0, 0.05) is 35.4 Å². The van der Waals surface area contributed by atoms with Crippen LogP contribution in [0.15, 0.2) is 41.1 Å². The molecule has 1 aromatic carbocycles. The highest BCUT2D eigenvalue weighted by Gasteiger charge is 2.15. The summed E-state index contributed by atoms with van der Waals surface area (Å²) >= 11 is 3.34. The Morgan fingerprint density at radius 2 is 2.20 bits per heavy atom. The third-order valence-corrected chi connectivity index (χ3v) is 3.56. The number of aromatic amines is 1. The second-order valence-corrected chi connectivity index (χ2v) is 4.82. The summed E-state index contributed by atoms with van der Waals surface area (Å²) in [6, 6.07) is 8.10. The maximum Gasteiger partial charge on any atom is 0.177 e. The van der Waals surface area contributed by atoms with Gasteiger partial charge in [-0.05, 0) is 28.1 Å². The predicted molar refractivity (Wildman–Crippen MR) is 75.0 cm³/mol. The summed E-state index contributed by atoms with van der Waals surface area (Å²) in [5.74, 6) is -0.0691. The van der Waals surface area contributed by atoms with Crippen molar-refractivity contribution in [3.63, 3.8) is 0 Å². The Kier molecular flexibility index (Phi) is 3.12. The second-order valence-electron chi connectivity index (χ2n) is 4.03. The first-order chi connectivity index (χ1) is 9.69. The van der Waals surface area contributed by atoms with Crippen molar-refractivity contribution in [2.75, 3.05) is 0 Å². The van der Waals surface area contributed by atoms with Crippen LogP contribution in [0.4, 0.5) is 4.39 Å². The Hall–Kier alpha value is -2.39. The normalized spacial score (nSPS) is 10.4. The fourth-order valence-electron chi connectivity index (χ4n) is 1.86. The fourth-order valence-corrected chi connectivity index (χ4v) is 2.48. The number of halogens is 2. The van der Waals surface area contributed by atoms with Gasteiger partial charge in [0.1, 0.15) is 17.5 Å². The molecule has 0 aliphatic rings. The van der Waals surface area contributed by atoms with Crippen LogP contribution in [0.3, 0.4) is 0 Å². The van der Waals surface area contributed by atoms with E-state index in [-0.39, 0.29) is 11.4 Å². The molecule has 6 heteroatoms. The van der Waals surface area contributed by atoms with Gasteiger partial charge in [0.25, 0.3) is 0 Å². The van der Waals surface area contributed by atoms with Crippen LogP contribution in [-0.2, 0) is 0 Å². The maximum absolute atomic E-state index is 14.1. The van der Waals surface area contributed by atoms with E-state index in [0.29, 0.717) is 15.7 Å². The molecule has 0 spiro atoms. The molecule has 1 N–H and O–H groups in total. The summed E-state index contributed by atoms with van der Waals surface area (Å²) in [7, 11) is 0. The van der Waals surface area contributed by atoms with E-state index in [2.05, 4.69) is 25.9 Å². The molecule has 0 aliphatic heterocycles. The zero-order valence-corrected chi connectivity index (χ0v) is 11.6. The third-order valence-electron chi connectivity index (χ3n) is 2.77. The van der Waals surface area contributed by atoms with Crippen molar-refractivity contribution in [2.24, 2.45) is 0 Å². The number of hydrogen-bond donors (Lipinski definition) is 1. The molecule has 20 heavy (non-hydrogen) atoms. The van der Waals surface area contributed by atoms with Crippen LogP contribution in [0.5, 0.6) is 11.5 Å². The highest BCUT2D eigenvalue weighted by Crippen LogP contribution is 2.37. The summed E-state index contributed by atoms with van der Waals surface area (Å²) in [6.45, 7) is 0. The summed E-state index contributed by atoms with van der Waals surface area (Å²) in [6.07, 6.45) is 3.16. The SMILES string of the molecule is N#Cc1cc(Oc2c(F)cc3[nH]ccc3c2Br)ccn1. The average molecular weight is 332 g/mol. The second kappa shape index (κ2) is 4.94. The van der Waals surface area contributed by atoms with E-state index in [1.165, 1.54) is 18.3 Å². The zero-order valence-electron chi connectivity index (χ0n) is 10.0. The number of nitrogens with zero attached hydrogens (tertiary/aromatic N) is 2. The van der Waals surface area contributed by atoms with Gasteiger partial charge >= 0.3 is 0 Å². The molecule has 2 aromatic heterocycles. The Morgan fingerprint density at radius 1 is 1.35 bits per heavy atom. The molecule has 0 saturated heterocycles. The standard InChI is InChI=1S/C14H7BrFN3O/c15-13-10-2-4-19-12(10)6-11(16)14(13)20-9-1-3-18-8(5-9)7-17/h1-6,19H. The van der Waals surface area contributed by atoms with E-state index < -0.39 is 5.82 Å². The number of benzene rings is 1. The number of aromatic nitrogens is 2. The molecule has 2 heterocycles. The van der Waals surface area contributed by atoms with Gasteiger partial charge in [0.2, 0.25) is 0 Å². The highest BCUT2D eigenvalue weighted by molar-refractivity contribution is 9.10. The smallest absolute Gasteiger partial charge is 0.177 e. The monoisotopic (exact) mass is 331 g/mol. The number of hydrogen-bond acceptors (Lipinski definition) is 3. The number of nitriles is 1. The van der Waals surface area contributed by atoms with E-state index in [1.54, 1.807) is 12.3 Å². The summed E-state index contributed by atoms with van der Waals surface area (Å²) in [5.41, 5.74) is 0.885. The minimum absolute atomic E-state index is 0.0761. The Balaban J connectivity index is 2.08. The molecule has 0 amide bonds. The largest absolute Gasteiger partial charge is 0.453 e. The minimum Gasteiger partial charge on any atom is -0.453 e. The molecule has 0 aliphatic carbocycles. The van der Waals surface area contributed by atoms with Gasteiger partial charge in [0.15, 0.2) is 11.6 Å². The highest BCUT2D eigenvalue weighted by atomic mass is 79.9. The molecular formula is C14H7BrFN3O. The van der Waals surface area contributed by atoms with Gasteiger partial charge < -0.3 is 9.72 Å². The Bertz CT molecular complexity index is 838. The topological polar surface area (TPSA) is 61.7 Å². The van der Waals surface area contributed by atoms with Gasteiger partial charge in [-0.1, -0.05) is 0 Å². The third kappa shape index (κ3) is 2.12. The molecule has 3 rings (SSSR count). The lowest BCUT2D eigenvalue weighted by Gasteiger charge is -2.09. The molecule has 3 aromatic rings. The number of ether oxygens (including phenoxy) is 1. The van der Waals surface area contributed by atoms with E-state index in [1.807, 2.05) is 12.1 Å². The van der Waals surface area contributed by atoms with E-state index >= 15 is 0 Å². The molecule has 0 fully saturated rings. The molecule has 0 bridgehead atoms. The van der Waals surface area contributed by atoms with Crippen molar-refractivity contribution in [1.29, 1.82) is 5.26 Å². The van der Waals surface area contributed by atoms with Crippen LogP contribution >= 0.6 is 15.9 Å².